The molecule has 1 aliphatic rings. The average molecular weight is 263 g/mol. The molecule has 2 rings (SSSR count). The minimum Gasteiger partial charge on any atom is -0.349 e. The Bertz CT molecular complexity index is 450. The van der Waals surface area contributed by atoms with Crippen LogP contribution in [-0.4, -0.2) is 42.0 Å². The molecule has 2 atom stereocenters. The SMILES string of the molecule is CC1CN(C)CCC1NC(=O)c1cnccc1NN. The van der Waals surface area contributed by atoms with Crippen LogP contribution in [0.2, 0.25) is 0 Å². The lowest BCUT2D eigenvalue weighted by Gasteiger charge is -2.35. The molecule has 1 aromatic heterocycles. The maximum atomic E-state index is 12.3. The number of piperidine rings is 1. The van der Waals surface area contributed by atoms with E-state index in [2.05, 4.69) is 34.6 Å². The third-order valence-electron chi connectivity index (χ3n) is 3.65. The first-order valence-corrected chi connectivity index (χ1v) is 6.52. The highest BCUT2D eigenvalue weighted by molar-refractivity contribution is 5.99. The van der Waals surface area contributed by atoms with Crippen LogP contribution >= 0.6 is 0 Å². The Kier molecular flexibility index (Phi) is 4.34. The van der Waals surface area contributed by atoms with Gasteiger partial charge >= 0.3 is 0 Å². The first-order chi connectivity index (χ1) is 9.11. The lowest BCUT2D eigenvalue weighted by molar-refractivity contribution is 0.0884. The van der Waals surface area contributed by atoms with Crippen LogP contribution < -0.4 is 16.6 Å². The molecule has 6 heteroatoms. The maximum Gasteiger partial charge on any atom is 0.255 e. The largest absolute Gasteiger partial charge is 0.349 e. The molecule has 1 fully saturated rings. The van der Waals surface area contributed by atoms with Gasteiger partial charge in [0.05, 0.1) is 11.3 Å². The smallest absolute Gasteiger partial charge is 0.255 e. The third kappa shape index (κ3) is 3.21. The average Bonchev–Trinajstić information content (AvgIpc) is 2.41. The summed E-state index contributed by atoms with van der Waals surface area (Å²) < 4.78 is 0. The predicted octanol–water partition coefficient (Wildman–Crippen LogP) is 0.437. The number of anilines is 1. The van der Waals surface area contributed by atoms with E-state index in [-0.39, 0.29) is 11.9 Å². The van der Waals surface area contributed by atoms with Crippen LogP contribution in [0.5, 0.6) is 0 Å². The summed E-state index contributed by atoms with van der Waals surface area (Å²) in [4.78, 5) is 18.5. The van der Waals surface area contributed by atoms with E-state index in [4.69, 9.17) is 5.84 Å². The van der Waals surface area contributed by atoms with Crippen molar-refractivity contribution in [3.05, 3.63) is 24.0 Å². The van der Waals surface area contributed by atoms with Crippen LogP contribution in [0.1, 0.15) is 23.7 Å². The van der Waals surface area contributed by atoms with Gasteiger partial charge in [-0.3, -0.25) is 15.6 Å². The van der Waals surface area contributed by atoms with Crippen LogP contribution in [0, 0.1) is 5.92 Å². The molecule has 0 spiro atoms. The summed E-state index contributed by atoms with van der Waals surface area (Å²) in [5, 5.41) is 3.08. The van der Waals surface area contributed by atoms with Gasteiger partial charge in [-0.15, -0.1) is 0 Å². The number of carbonyl (C=O) groups is 1. The van der Waals surface area contributed by atoms with Gasteiger partial charge in [0.25, 0.3) is 5.91 Å². The van der Waals surface area contributed by atoms with Crippen molar-refractivity contribution in [2.75, 3.05) is 25.6 Å². The fraction of sp³-hybridized carbons (Fsp3) is 0.538. The first kappa shape index (κ1) is 13.8. The number of pyridine rings is 1. The molecule has 2 heterocycles. The van der Waals surface area contributed by atoms with Crippen LogP contribution in [0.25, 0.3) is 0 Å². The Morgan fingerprint density at radius 3 is 3.05 bits per heavy atom. The maximum absolute atomic E-state index is 12.3. The number of carbonyl (C=O) groups excluding carboxylic acids is 1. The second-order valence-electron chi connectivity index (χ2n) is 5.17. The number of hydrazine groups is 1. The van der Waals surface area contributed by atoms with E-state index in [0.717, 1.165) is 19.5 Å². The number of nitrogens with one attached hydrogen (secondary N) is 2. The molecule has 0 aliphatic carbocycles. The Labute approximate surface area is 113 Å². The Balaban J connectivity index is 2.04. The van der Waals surface area contributed by atoms with Crippen LogP contribution in [0.3, 0.4) is 0 Å². The van der Waals surface area contributed by atoms with E-state index in [0.29, 0.717) is 17.2 Å². The summed E-state index contributed by atoms with van der Waals surface area (Å²) in [6, 6.07) is 1.89. The topological polar surface area (TPSA) is 83.3 Å². The number of likely N-dealkylation sites (tertiary alicyclic amines) is 1. The minimum atomic E-state index is -0.123. The molecule has 0 radical (unpaired) electrons. The van der Waals surface area contributed by atoms with Gasteiger partial charge in [0, 0.05) is 25.0 Å². The number of hydrogen-bond acceptors (Lipinski definition) is 5. The molecule has 0 bridgehead atoms. The minimum absolute atomic E-state index is 0.123. The monoisotopic (exact) mass is 263 g/mol. The molecule has 6 nitrogen and oxygen atoms in total. The summed E-state index contributed by atoms with van der Waals surface area (Å²) in [5.41, 5.74) is 3.60. The lowest BCUT2D eigenvalue weighted by Crippen LogP contribution is -2.49. The van der Waals surface area contributed by atoms with Gasteiger partial charge in [-0.25, -0.2) is 0 Å². The van der Waals surface area contributed by atoms with Crippen molar-refractivity contribution >= 4 is 11.6 Å². The fourth-order valence-electron chi connectivity index (χ4n) is 2.52. The zero-order valence-electron chi connectivity index (χ0n) is 11.4. The number of nitrogens with two attached hydrogens (primary N) is 1. The van der Waals surface area contributed by atoms with Gasteiger partial charge in [-0.2, -0.15) is 0 Å². The van der Waals surface area contributed by atoms with E-state index in [1.54, 1.807) is 12.3 Å². The molecule has 1 amide bonds. The highest BCUT2D eigenvalue weighted by atomic mass is 16.1. The van der Waals surface area contributed by atoms with Crippen molar-refractivity contribution in [1.82, 2.24) is 15.2 Å². The van der Waals surface area contributed by atoms with E-state index in [1.165, 1.54) is 6.20 Å². The summed E-state index contributed by atoms with van der Waals surface area (Å²) in [6.07, 6.45) is 4.10. The van der Waals surface area contributed by atoms with Gasteiger partial charge in [-0.05, 0) is 32.0 Å². The van der Waals surface area contributed by atoms with Crippen molar-refractivity contribution in [1.29, 1.82) is 0 Å². The summed E-state index contributed by atoms with van der Waals surface area (Å²) in [6.45, 7) is 4.16. The van der Waals surface area contributed by atoms with E-state index >= 15 is 0 Å². The standard InChI is InChI=1S/C13H21N5O/c1-9-8-18(2)6-4-11(9)16-13(19)10-7-15-5-3-12(10)17-14/h3,5,7,9,11H,4,6,8,14H2,1-2H3,(H,15,17)(H,16,19). The normalized spacial score (nSPS) is 23.9. The Morgan fingerprint density at radius 2 is 2.37 bits per heavy atom. The number of aromatic nitrogens is 1. The molecule has 4 N–H and O–H groups in total. The Hall–Kier alpha value is -1.66. The van der Waals surface area contributed by atoms with Gasteiger partial charge in [-0.1, -0.05) is 6.92 Å². The van der Waals surface area contributed by atoms with E-state index in [1.807, 2.05) is 0 Å². The molecule has 104 valence electrons. The fourth-order valence-corrected chi connectivity index (χ4v) is 2.52. The molecular weight excluding hydrogens is 242 g/mol. The van der Waals surface area contributed by atoms with Crippen LogP contribution in [0.4, 0.5) is 5.69 Å². The van der Waals surface area contributed by atoms with Crippen molar-refractivity contribution in [3.63, 3.8) is 0 Å². The van der Waals surface area contributed by atoms with Crippen LogP contribution in [0.15, 0.2) is 18.5 Å². The molecule has 0 aromatic carbocycles. The highest BCUT2D eigenvalue weighted by Gasteiger charge is 2.26. The predicted molar refractivity (Wildman–Crippen MR) is 74.6 cm³/mol. The second-order valence-corrected chi connectivity index (χ2v) is 5.17. The first-order valence-electron chi connectivity index (χ1n) is 6.52. The number of amides is 1. The zero-order valence-corrected chi connectivity index (χ0v) is 11.4. The molecule has 1 saturated heterocycles. The molecule has 1 aliphatic heterocycles. The highest BCUT2D eigenvalue weighted by Crippen LogP contribution is 2.17. The second kappa shape index (κ2) is 5.99. The molecule has 19 heavy (non-hydrogen) atoms. The van der Waals surface area contributed by atoms with Gasteiger partial charge in [0.15, 0.2) is 0 Å². The molecule has 1 aromatic rings. The molecule has 2 unspecified atom stereocenters. The number of rotatable bonds is 3. The van der Waals surface area contributed by atoms with Gasteiger partial charge in [0.1, 0.15) is 0 Å². The van der Waals surface area contributed by atoms with Crippen molar-refractivity contribution in [2.24, 2.45) is 11.8 Å². The molecule has 0 saturated carbocycles. The van der Waals surface area contributed by atoms with Crippen molar-refractivity contribution in [3.8, 4) is 0 Å². The summed E-state index contributed by atoms with van der Waals surface area (Å²) in [5.74, 6) is 5.72. The van der Waals surface area contributed by atoms with Crippen molar-refractivity contribution in [2.45, 2.75) is 19.4 Å². The lowest BCUT2D eigenvalue weighted by atomic mass is 9.94. The number of nitrogens with zero attached hydrogens (tertiary/aromatic N) is 2. The number of nitrogen functional groups attached to an aromatic ring is 1. The zero-order chi connectivity index (χ0) is 13.8. The quantitative estimate of drug-likeness (QED) is 0.544. The third-order valence-corrected chi connectivity index (χ3v) is 3.65. The Morgan fingerprint density at radius 1 is 1.58 bits per heavy atom. The van der Waals surface area contributed by atoms with E-state index in [9.17, 15) is 4.79 Å². The number of hydrogen-bond donors (Lipinski definition) is 3. The molecular formula is C13H21N5O. The van der Waals surface area contributed by atoms with Crippen molar-refractivity contribution < 1.29 is 4.79 Å². The van der Waals surface area contributed by atoms with E-state index < -0.39 is 0 Å². The summed E-state index contributed by atoms with van der Waals surface area (Å²) in [7, 11) is 2.10. The van der Waals surface area contributed by atoms with Gasteiger partial charge < -0.3 is 15.6 Å². The van der Waals surface area contributed by atoms with Gasteiger partial charge in [0.2, 0.25) is 0 Å². The summed E-state index contributed by atoms with van der Waals surface area (Å²) >= 11 is 0. The van der Waals surface area contributed by atoms with Crippen LogP contribution in [-0.2, 0) is 0 Å².